The number of rotatable bonds is 6. The van der Waals surface area contributed by atoms with Crippen molar-refractivity contribution in [3.63, 3.8) is 0 Å². The van der Waals surface area contributed by atoms with E-state index in [1.807, 2.05) is 0 Å². The number of hydrogen-bond donors (Lipinski definition) is 1. The molecule has 0 heterocycles. The molecule has 0 bridgehead atoms. The average molecular weight is 286 g/mol. The maximum atomic E-state index is 6.61. The molecule has 0 spiro atoms. The first kappa shape index (κ1) is 13.6. The minimum absolute atomic E-state index is 0.146. The monoisotopic (exact) mass is 286 g/mol. The molecule has 0 radical (unpaired) electrons. The van der Waals surface area contributed by atoms with Crippen LogP contribution in [0.5, 0.6) is 5.75 Å². The number of nitrogens with zero attached hydrogens (tertiary/aromatic N) is 1. The van der Waals surface area contributed by atoms with Crippen molar-refractivity contribution in [2.75, 3.05) is 20.2 Å². The Kier molecular flexibility index (Phi) is 3.43. The van der Waals surface area contributed by atoms with Gasteiger partial charge in [-0.05, 0) is 67.2 Å². The summed E-state index contributed by atoms with van der Waals surface area (Å²) >= 11 is 0. The van der Waals surface area contributed by atoms with Crippen molar-refractivity contribution < 1.29 is 4.74 Å². The van der Waals surface area contributed by atoms with Gasteiger partial charge in [0.2, 0.25) is 0 Å². The molecule has 3 heteroatoms. The molecule has 3 nitrogen and oxygen atoms in total. The molecule has 4 rings (SSSR count). The van der Waals surface area contributed by atoms with E-state index in [0.717, 1.165) is 24.0 Å². The van der Waals surface area contributed by atoms with E-state index in [0.29, 0.717) is 6.04 Å². The summed E-state index contributed by atoms with van der Waals surface area (Å²) in [6, 6.07) is 7.06. The van der Waals surface area contributed by atoms with Crippen LogP contribution in [0, 0.1) is 11.8 Å². The molecule has 0 saturated heterocycles. The summed E-state index contributed by atoms with van der Waals surface area (Å²) in [6.45, 7) is 2.53. The molecule has 2 unspecified atom stereocenters. The molecule has 2 saturated carbocycles. The van der Waals surface area contributed by atoms with Crippen molar-refractivity contribution in [2.24, 2.45) is 17.6 Å². The highest BCUT2D eigenvalue weighted by Gasteiger charge is 2.38. The Balaban J connectivity index is 1.53. The molecule has 0 amide bonds. The molecular formula is C18H26N2O. The summed E-state index contributed by atoms with van der Waals surface area (Å²) in [5, 5.41) is 0. The number of nitrogens with two attached hydrogens (primary N) is 1. The van der Waals surface area contributed by atoms with Crippen molar-refractivity contribution in [3.05, 3.63) is 29.3 Å². The van der Waals surface area contributed by atoms with Gasteiger partial charge in [-0.2, -0.15) is 0 Å². The summed E-state index contributed by atoms with van der Waals surface area (Å²) in [6.07, 6.45) is 6.79. The molecule has 0 aliphatic heterocycles. The molecule has 21 heavy (non-hydrogen) atoms. The molecule has 114 valence electrons. The second kappa shape index (κ2) is 5.29. The number of benzene rings is 1. The second-order valence-electron chi connectivity index (χ2n) is 7.20. The largest absolute Gasteiger partial charge is 0.497 e. The van der Waals surface area contributed by atoms with Gasteiger partial charge in [-0.1, -0.05) is 6.07 Å². The van der Waals surface area contributed by atoms with E-state index in [4.69, 9.17) is 10.5 Å². The van der Waals surface area contributed by atoms with E-state index in [-0.39, 0.29) is 6.04 Å². The lowest BCUT2D eigenvalue weighted by atomic mass is 10.1. The summed E-state index contributed by atoms with van der Waals surface area (Å²) in [5.41, 5.74) is 9.33. The van der Waals surface area contributed by atoms with E-state index in [1.165, 1.54) is 49.9 Å². The predicted octanol–water partition coefficient (Wildman–Crippen LogP) is 2.74. The van der Waals surface area contributed by atoms with E-state index in [1.54, 1.807) is 7.11 Å². The zero-order valence-electron chi connectivity index (χ0n) is 12.9. The smallest absolute Gasteiger partial charge is 0.119 e. The van der Waals surface area contributed by atoms with Gasteiger partial charge in [-0.15, -0.1) is 0 Å². The van der Waals surface area contributed by atoms with Gasteiger partial charge in [0, 0.05) is 25.2 Å². The van der Waals surface area contributed by atoms with Crippen LogP contribution in [-0.2, 0) is 6.42 Å². The minimum Gasteiger partial charge on any atom is -0.497 e. The Morgan fingerprint density at radius 2 is 1.81 bits per heavy atom. The lowest BCUT2D eigenvalue weighted by molar-refractivity contribution is 0.165. The fourth-order valence-electron chi connectivity index (χ4n) is 3.72. The van der Waals surface area contributed by atoms with Crippen LogP contribution in [0.4, 0.5) is 0 Å². The van der Waals surface area contributed by atoms with Crippen LogP contribution in [0.3, 0.4) is 0 Å². The van der Waals surface area contributed by atoms with Crippen LogP contribution in [0.15, 0.2) is 18.2 Å². The fourth-order valence-corrected chi connectivity index (χ4v) is 3.72. The van der Waals surface area contributed by atoms with Crippen LogP contribution < -0.4 is 10.5 Å². The average Bonchev–Trinajstić information content (AvgIpc) is 3.41. The first-order valence-corrected chi connectivity index (χ1v) is 8.41. The maximum Gasteiger partial charge on any atom is 0.119 e. The fraction of sp³-hybridized carbons (Fsp3) is 0.667. The Bertz CT molecular complexity index is 508. The van der Waals surface area contributed by atoms with Gasteiger partial charge in [0.15, 0.2) is 0 Å². The SMILES string of the molecule is COc1ccc2c(c1)C(N)C(N(CC1CC1)CC1CC1)C2. The van der Waals surface area contributed by atoms with Crippen LogP contribution in [-0.4, -0.2) is 31.1 Å². The van der Waals surface area contributed by atoms with Crippen LogP contribution >= 0.6 is 0 Å². The summed E-state index contributed by atoms with van der Waals surface area (Å²) < 4.78 is 5.36. The van der Waals surface area contributed by atoms with Gasteiger partial charge in [0.05, 0.1) is 7.11 Å². The van der Waals surface area contributed by atoms with Crippen molar-refractivity contribution in [1.82, 2.24) is 4.90 Å². The van der Waals surface area contributed by atoms with Gasteiger partial charge in [-0.3, -0.25) is 4.90 Å². The first-order chi connectivity index (χ1) is 10.2. The maximum absolute atomic E-state index is 6.61. The molecule has 2 fully saturated rings. The molecular weight excluding hydrogens is 260 g/mol. The van der Waals surface area contributed by atoms with Crippen LogP contribution in [0.25, 0.3) is 0 Å². The molecule has 3 aliphatic rings. The van der Waals surface area contributed by atoms with Crippen molar-refractivity contribution in [2.45, 2.75) is 44.2 Å². The van der Waals surface area contributed by atoms with Crippen molar-refractivity contribution >= 4 is 0 Å². The predicted molar refractivity (Wildman–Crippen MR) is 84.4 cm³/mol. The zero-order chi connectivity index (χ0) is 14.4. The summed E-state index contributed by atoms with van der Waals surface area (Å²) in [7, 11) is 1.73. The lowest BCUT2D eigenvalue weighted by Gasteiger charge is -2.32. The van der Waals surface area contributed by atoms with Gasteiger partial charge in [0.1, 0.15) is 5.75 Å². The van der Waals surface area contributed by atoms with Gasteiger partial charge in [0.25, 0.3) is 0 Å². The molecule has 0 aromatic heterocycles. The third kappa shape index (κ3) is 2.82. The second-order valence-corrected chi connectivity index (χ2v) is 7.20. The van der Waals surface area contributed by atoms with E-state index in [2.05, 4.69) is 23.1 Å². The number of hydrogen-bond acceptors (Lipinski definition) is 3. The van der Waals surface area contributed by atoms with E-state index < -0.39 is 0 Å². The number of ether oxygens (including phenoxy) is 1. The van der Waals surface area contributed by atoms with E-state index >= 15 is 0 Å². The van der Waals surface area contributed by atoms with E-state index in [9.17, 15) is 0 Å². The third-order valence-corrected chi connectivity index (χ3v) is 5.40. The Morgan fingerprint density at radius 1 is 1.14 bits per heavy atom. The Hall–Kier alpha value is -1.06. The molecule has 2 atom stereocenters. The minimum atomic E-state index is 0.146. The van der Waals surface area contributed by atoms with Gasteiger partial charge in [-0.25, -0.2) is 0 Å². The number of methoxy groups -OCH3 is 1. The Labute approximate surface area is 127 Å². The van der Waals surface area contributed by atoms with Crippen molar-refractivity contribution in [3.8, 4) is 5.75 Å². The van der Waals surface area contributed by atoms with Gasteiger partial charge >= 0.3 is 0 Å². The zero-order valence-corrected chi connectivity index (χ0v) is 12.9. The van der Waals surface area contributed by atoms with Crippen LogP contribution in [0.1, 0.15) is 42.9 Å². The first-order valence-electron chi connectivity index (χ1n) is 8.41. The Morgan fingerprint density at radius 3 is 2.38 bits per heavy atom. The topological polar surface area (TPSA) is 38.5 Å². The summed E-state index contributed by atoms with van der Waals surface area (Å²) in [5.74, 6) is 2.81. The highest BCUT2D eigenvalue weighted by atomic mass is 16.5. The number of fused-ring (bicyclic) bond motifs is 1. The highest BCUT2D eigenvalue weighted by molar-refractivity contribution is 5.42. The van der Waals surface area contributed by atoms with Crippen molar-refractivity contribution in [1.29, 1.82) is 0 Å². The highest BCUT2D eigenvalue weighted by Crippen LogP contribution is 2.40. The summed E-state index contributed by atoms with van der Waals surface area (Å²) in [4.78, 5) is 2.71. The molecule has 1 aromatic carbocycles. The molecule has 3 aliphatic carbocycles. The third-order valence-electron chi connectivity index (χ3n) is 5.40. The molecule has 1 aromatic rings. The standard InChI is InChI=1S/C18H26N2O/c1-21-15-7-6-14-8-17(18(19)16(14)9-15)20(10-12-2-3-12)11-13-4-5-13/h6-7,9,12-13,17-18H,2-5,8,10-11,19H2,1H3. The van der Waals surface area contributed by atoms with Crippen LogP contribution in [0.2, 0.25) is 0 Å². The normalized spacial score (nSPS) is 28.0. The quantitative estimate of drug-likeness (QED) is 0.874. The molecule has 2 N–H and O–H groups in total. The lowest BCUT2D eigenvalue weighted by Crippen LogP contribution is -2.43. The van der Waals surface area contributed by atoms with Gasteiger partial charge < -0.3 is 10.5 Å².